The Bertz CT molecular complexity index is 1450. The summed E-state index contributed by atoms with van der Waals surface area (Å²) in [6, 6.07) is 13.0. The number of benzene rings is 2. The van der Waals surface area contributed by atoms with Crippen LogP contribution in [0.4, 0.5) is 24.9 Å². The Morgan fingerprint density at radius 3 is 2.40 bits per heavy atom. The second kappa shape index (κ2) is 11.2. The highest BCUT2D eigenvalue weighted by atomic mass is 32.1. The van der Waals surface area contributed by atoms with Gasteiger partial charge in [0, 0.05) is 12.0 Å². The molecule has 1 fully saturated rings. The van der Waals surface area contributed by atoms with Crippen molar-refractivity contribution in [3.8, 4) is 16.3 Å². The Hall–Kier alpha value is -3.48. The number of hydrogen-bond acceptors (Lipinski definition) is 9. The van der Waals surface area contributed by atoms with Gasteiger partial charge in [-0.25, -0.2) is 9.97 Å². The molecule has 4 N–H and O–H groups in total. The molecular weight excluding hydrogens is 543 g/mol. The summed E-state index contributed by atoms with van der Waals surface area (Å²) in [6.45, 7) is 5.41. The van der Waals surface area contributed by atoms with Crippen molar-refractivity contribution in [3.05, 3.63) is 59.8 Å². The first-order chi connectivity index (χ1) is 19.0. The first kappa shape index (κ1) is 28.1. The molecular formula is C28H30F3N5O3S. The Labute approximate surface area is 233 Å². The van der Waals surface area contributed by atoms with Gasteiger partial charge in [0.15, 0.2) is 0 Å². The molecule has 1 unspecified atom stereocenters. The van der Waals surface area contributed by atoms with Crippen molar-refractivity contribution < 1.29 is 28.1 Å². The van der Waals surface area contributed by atoms with Crippen LogP contribution >= 0.6 is 11.3 Å². The lowest BCUT2D eigenvalue weighted by Gasteiger charge is -2.20. The molecule has 0 amide bonds. The van der Waals surface area contributed by atoms with Gasteiger partial charge in [-0.05, 0) is 63.4 Å². The standard InChI is InChI=1S/C28H30F3N5O3S/c1-14(17-8-10-19(11-9-17)39-28(29,30)31)32-27-33-15(2)24(26-35-21-6-4-5-7-23(21)40-26)25(36-27)34-18-12-20(16(3)37)22(38)13-18/h4-11,14,16,18,20,22,37-38H,12-13H2,1-3H3,(H2,32,33,34,36)/t14-,16?,18-,20-,22+/m1/s1. The van der Waals surface area contributed by atoms with Crippen molar-refractivity contribution >= 4 is 33.3 Å². The molecule has 212 valence electrons. The maximum absolute atomic E-state index is 12.5. The van der Waals surface area contributed by atoms with Crippen LogP contribution in [0.25, 0.3) is 20.8 Å². The van der Waals surface area contributed by atoms with Gasteiger partial charge in [0.1, 0.15) is 16.6 Å². The van der Waals surface area contributed by atoms with Crippen LogP contribution in [-0.4, -0.2) is 49.8 Å². The second-order valence-electron chi connectivity index (χ2n) is 10.1. The molecule has 2 aromatic carbocycles. The SMILES string of the molecule is Cc1nc(N[C@H](C)c2ccc(OC(F)(F)F)cc2)nc(N[C@@H]2C[C@H](C(C)O)[C@@H](O)C2)c1-c1nc2ccccc2s1. The molecule has 0 bridgehead atoms. The molecule has 0 saturated heterocycles. The highest BCUT2D eigenvalue weighted by Crippen LogP contribution is 2.39. The van der Waals surface area contributed by atoms with Crippen LogP contribution in [0.3, 0.4) is 0 Å². The molecule has 5 atom stereocenters. The summed E-state index contributed by atoms with van der Waals surface area (Å²) in [5.74, 6) is 0.349. The van der Waals surface area contributed by atoms with Crippen LogP contribution in [-0.2, 0) is 0 Å². The van der Waals surface area contributed by atoms with E-state index in [1.807, 2.05) is 38.1 Å². The molecule has 1 saturated carbocycles. The zero-order chi connectivity index (χ0) is 28.6. The molecule has 4 aromatic rings. The van der Waals surface area contributed by atoms with E-state index in [4.69, 9.17) is 9.97 Å². The number of ether oxygens (including phenoxy) is 1. The number of hydrogen-bond donors (Lipinski definition) is 4. The lowest BCUT2D eigenvalue weighted by Crippen LogP contribution is -2.24. The van der Waals surface area contributed by atoms with Crippen LogP contribution in [0.2, 0.25) is 0 Å². The smallest absolute Gasteiger partial charge is 0.406 e. The second-order valence-corrected chi connectivity index (χ2v) is 11.1. The summed E-state index contributed by atoms with van der Waals surface area (Å²) in [6.07, 6.45) is -4.98. The van der Waals surface area contributed by atoms with E-state index in [1.165, 1.54) is 23.5 Å². The summed E-state index contributed by atoms with van der Waals surface area (Å²) < 4.78 is 42.6. The van der Waals surface area contributed by atoms with Crippen molar-refractivity contribution in [2.45, 2.75) is 64.3 Å². The third-order valence-electron chi connectivity index (χ3n) is 7.09. The van der Waals surface area contributed by atoms with Crippen molar-refractivity contribution in [1.29, 1.82) is 0 Å². The van der Waals surface area contributed by atoms with Crippen LogP contribution in [0.15, 0.2) is 48.5 Å². The normalized spacial score (nSPS) is 20.9. The van der Waals surface area contributed by atoms with Crippen LogP contribution in [0, 0.1) is 12.8 Å². The van der Waals surface area contributed by atoms with E-state index in [2.05, 4.69) is 20.4 Å². The fourth-order valence-corrected chi connectivity index (χ4v) is 6.15. The number of thiazole rings is 1. The number of alkyl halides is 3. The number of aromatic nitrogens is 3. The van der Waals surface area contributed by atoms with Crippen molar-refractivity contribution in [1.82, 2.24) is 15.0 Å². The van der Waals surface area contributed by atoms with E-state index in [-0.39, 0.29) is 23.8 Å². The number of aliphatic hydroxyl groups is 2. The molecule has 0 aliphatic heterocycles. The largest absolute Gasteiger partial charge is 0.573 e. The van der Waals surface area contributed by atoms with E-state index < -0.39 is 18.6 Å². The van der Waals surface area contributed by atoms with E-state index >= 15 is 0 Å². The summed E-state index contributed by atoms with van der Waals surface area (Å²) in [5, 5.41) is 28.1. The summed E-state index contributed by atoms with van der Waals surface area (Å²) in [5.41, 5.74) is 3.03. The number of aliphatic hydroxyl groups excluding tert-OH is 2. The van der Waals surface area contributed by atoms with Crippen LogP contribution in [0.5, 0.6) is 5.75 Å². The van der Waals surface area contributed by atoms with Gasteiger partial charge in [0.25, 0.3) is 0 Å². The maximum Gasteiger partial charge on any atom is 0.573 e. The molecule has 1 aliphatic rings. The number of nitrogens with one attached hydrogen (secondary N) is 2. The topological polar surface area (TPSA) is 112 Å². The Kier molecular flexibility index (Phi) is 7.85. The Balaban J connectivity index is 1.44. The van der Waals surface area contributed by atoms with Gasteiger partial charge in [0.05, 0.1) is 39.7 Å². The van der Waals surface area contributed by atoms with Crippen LogP contribution < -0.4 is 15.4 Å². The Morgan fingerprint density at radius 1 is 1.02 bits per heavy atom. The number of anilines is 2. The van der Waals surface area contributed by atoms with Crippen molar-refractivity contribution in [3.63, 3.8) is 0 Å². The predicted octanol–water partition coefficient (Wildman–Crippen LogP) is 6.07. The van der Waals surface area contributed by atoms with Gasteiger partial charge < -0.3 is 25.6 Å². The molecule has 0 radical (unpaired) electrons. The predicted molar refractivity (Wildman–Crippen MR) is 148 cm³/mol. The highest BCUT2D eigenvalue weighted by molar-refractivity contribution is 7.21. The molecule has 0 spiro atoms. The minimum absolute atomic E-state index is 0.122. The molecule has 2 heterocycles. The molecule has 40 heavy (non-hydrogen) atoms. The monoisotopic (exact) mass is 573 g/mol. The van der Waals surface area contributed by atoms with E-state index in [0.29, 0.717) is 30.3 Å². The summed E-state index contributed by atoms with van der Waals surface area (Å²) in [7, 11) is 0. The summed E-state index contributed by atoms with van der Waals surface area (Å²) >= 11 is 1.53. The van der Waals surface area contributed by atoms with E-state index in [1.54, 1.807) is 19.1 Å². The van der Waals surface area contributed by atoms with Gasteiger partial charge in [-0.2, -0.15) is 4.98 Å². The fourth-order valence-electron chi connectivity index (χ4n) is 5.09. The third kappa shape index (κ3) is 6.29. The molecule has 8 nitrogen and oxygen atoms in total. The lowest BCUT2D eigenvalue weighted by atomic mass is 10.00. The minimum atomic E-state index is -4.75. The van der Waals surface area contributed by atoms with E-state index in [0.717, 1.165) is 26.4 Å². The fraction of sp³-hybridized carbons (Fsp3) is 0.393. The van der Waals surface area contributed by atoms with Gasteiger partial charge in [0.2, 0.25) is 5.95 Å². The molecule has 1 aliphatic carbocycles. The molecule has 12 heteroatoms. The number of para-hydroxylation sites is 1. The van der Waals surface area contributed by atoms with Gasteiger partial charge in [-0.1, -0.05) is 24.3 Å². The van der Waals surface area contributed by atoms with Gasteiger partial charge in [-0.3, -0.25) is 0 Å². The average molecular weight is 574 g/mol. The third-order valence-corrected chi connectivity index (χ3v) is 8.15. The average Bonchev–Trinajstić information content (AvgIpc) is 3.46. The number of rotatable bonds is 8. The van der Waals surface area contributed by atoms with Gasteiger partial charge >= 0.3 is 6.36 Å². The molecule has 2 aromatic heterocycles. The Morgan fingerprint density at radius 2 is 1.75 bits per heavy atom. The number of fused-ring (bicyclic) bond motifs is 1. The minimum Gasteiger partial charge on any atom is -0.406 e. The van der Waals surface area contributed by atoms with E-state index in [9.17, 15) is 23.4 Å². The quantitative estimate of drug-likeness (QED) is 0.201. The highest BCUT2D eigenvalue weighted by Gasteiger charge is 2.36. The number of halogens is 3. The zero-order valence-corrected chi connectivity index (χ0v) is 22.9. The first-order valence-electron chi connectivity index (χ1n) is 13.0. The van der Waals surface area contributed by atoms with Crippen molar-refractivity contribution in [2.24, 2.45) is 5.92 Å². The van der Waals surface area contributed by atoms with Crippen LogP contribution in [0.1, 0.15) is 44.0 Å². The first-order valence-corrected chi connectivity index (χ1v) is 13.8. The van der Waals surface area contributed by atoms with Gasteiger partial charge in [-0.15, -0.1) is 24.5 Å². The number of aryl methyl sites for hydroxylation is 1. The number of nitrogens with zero attached hydrogens (tertiary/aromatic N) is 3. The summed E-state index contributed by atoms with van der Waals surface area (Å²) in [4.78, 5) is 14.3. The lowest BCUT2D eigenvalue weighted by molar-refractivity contribution is -0.274. The zero-order valence-electron chi connectivity index (χ0n) is 22.1. The molecule has 5 rings (SSSR count). The maximum atomic E-state index is 12.5. The van der Waals surface area contributed by atoms with Crippen molar-refractivity contribution in [2.75, 3.05) is 10.6 Å².